The van der Waals surface area contributed by atoms with Crippen LogP contribution in [0.1, 0.15) is 15.2 Å². The molecule has 2 amide bonds. The zero-order chi connectivity index (χ0) is 21.1. The first-order valence-corrected chi connectivity index (χ1v) is 10.1. The fourth-order valence-electron chi connectivity index (χ4n) is 3.12. The van der Waals surface area contributed by atoms with Crippen LogP contribution in [-0.4, -0.2) is 28.7 Å². The minimum absolute atomic E-state index is 0.0316. The molecule has 0 saturated heterocycles. The number of methoxy groups -OCH3 is 1. The molecule has 2 aromatic heterocycles. The van der Waals surface area contributed by atoms with Crippen LogP contribution in [0.3, 0.4) is 0 Å². The van der Waals surface area contributed by atoms with Gasteiger partial charge < -0.3 is 15.4 Å². The van der Waals surface area contributed by atoms with Gasteiger partial charge in [-0.2, -0.15) is 5.10 Å². The van der Waals surface area contributed by atoms with Crippen molar-refractivity contribution in [3.05, 3.63) is 71.4 Å². The monoisotopic (exact) mass is 420 g/mol. The summed E-state index contributed by atoms with van der Waals surface area (Å²) in [6.45, 7) is 1.98. The highest BCUT2D eigenvalue weighted by atomic mass is 32.1. The Morgan fingerprint density at radius 1 is 1.07 bits per heavy atom. The Kier molecular flexibility index (Phi) is 5.49. The number of aryl methyl sites for hydroxylation is 1. The SMILES string of the molecule is COc1ccc(NC(=O)Cn2cc(NC(=O)c3sc4ccccc4c3C)cn2)cc1. The molecule has 0 fully saturated rings. The van der Waals surface area contributed by atoms with Crippen molar-refractivity contribution in [3.8, 4) is 5.75 Å². The van der Waals surface area contributed by atoms with Crippen LogP contribution in [-0.2, 0) is 11.3 Å². The summed E-state index contributed by atoms with van der Waals surface area (Å²) >= 11 is 1.46. The minimum atomic E-state index is -0.221. The van der Waals surface area contributed by atoms with Crippen molar-refractivity contribution in [1.82, 2.24) is 9.78 Å². The molecule has 0 unspecified atom stereocenters. The number of benzene rings is 2. The van der Waals surface area contributed by atoms with E-state index in [0.717, 1.165) is 15.6 Å². The zero-order valence-electron chi connectivity index (χ0n) is 16.5. The van der Waals surface area contributed by atoms with E-state index in [1.54, 1.807) is 37.6 Å². The quantitative estimate of drug-likeness (QED) is 0.487. The summed E-state index contributed by atoms with van der Waals surface area (Å²) in [5.41, 5.74) is 2.16. The van der Waals surface area contributed by atoms with Gasteiger partial charge in [0.25, 0.3) is 5.91 Å². The highest BCUT2D eigenvalue weighted by molar-refractivity contribution is 7.21. The van der Waals surface area contributed by atoms with Gasteiger partial charge in [-0.3, -0.25) is 14.3 Å². The molecule has 7 nitrogen and oxygen atoms in total. The molecule has 0 aliphatic carbocycles. The Morgan fingerprint density at radius 3 is 2.57 bits per heavy atom. The lowest BCUT2D eigenvalue weighted by Gasteiger charge is -2.06. The number of rotatable bonds is 6. The second-order valence-corrected chi connectivity index (χ2v) is 7.76. The zero-order valence-corrected chi connectivity index (χ0v) is 17.3. The third kappa shape index (κ3) is 4.18. The molecular formula is C22H20N4O3S. The second kappa shape index (κ2) is 8.38. The van der Waals surface area contributed by atoms with Gasteiger partial charge in [-0.25, -0.2) is 0 Å². The lowest BCUT2D eigenvalue weighted by atomic mass is 10.1. The van der Waals surface area contributed by atoms with Crippen LogP contribution in [0.5, 0.6) is 5.75 Å². The third-order valence-corrected chi connectivity index (χ3v) is 5.89. The largest absolute Gasteiger partial charge is 0.497 e. The van der Waals surface area contributed by atoms with Crippen LogP contribution < -0.4 is 15.4 Å². The number of carbonyl (C=O) groups excluding carboxylic acids is 2. The molecule has 0 aliphatic rings. The molecule has 0 radical (unpaired) electrons. The summed E-state index contributed by atoms with van der Waals surface area (Å²) in [7, 11) is 1.59. The Hall–Kier alpha value is -3.65. The van der Waals surface area contributed by atoms with E-state index in [9.17, 15) is 9.59 Å². The van der Waals surface area contributed by atoms with Gasteiger partial charge in [-0.15, -0.1) is 11.3 Å². The van der Waals surface area contributed by atoms with E-state index < -0.39 is 0 Å². The summed E-state index contributed by atoms with van der Waals surface area (Å²) in [6.07, 6.45) is 3.16. The predicted octanol–water partition coefficient (Wildman–Crippen LogP) is 4.31. The summed E-state index contributed by atoms with van der Waals surface area (Å²) < 4.78 is 7.65. The van der Waals surface area contributed by atoms with Gasteiger partial charge >= 0.3 is 0 Å². The van der Waals surface area contributed by atoms with Crippen molar-refractivity contribution < 1.29 is 14.3 Å². The first kappa shape index (κ1) is 19.7. The first-order chi connectivity index (χ1) is 14.5. The third-order valence-electron chi connectivity index (χ3n) is 4.62. The highest BCUT2D eigenvalue weighted by Crippen LogP contribution is 2.31. The van der Waals surface area contributed by atoms with Crippen molar-refractivity contribution in [3.63, 3.8) is 0 Å². The van der Waals surface area contributed by atoms with Crippen molar-refractivity contribution in [2.75, 3.05) is 17.7 Å². The molecule has 0 bridgehead atoms. The van der Waals surface area contributed by atoms with Crippen molar-refractivity contribution in [1.29, 1.82) is 0 Å². The van der Waals surface area contributed by atoms with Gasteiger partial charge in [0.2, 0.25) is 5.91 Å². The van der Waals surface area contributed by atoms with E-state index in [1.165, 1.54) is 22.2 Å². The van der Waals surface area contributed by atoms with E-state index in [1.807, 2.05) is 31.2 Å². The topological polar surface area (TPSA) is 85.2 Å². The molecule has 0 saturated carbocycles. The van der Waals surface area contributed by atoms with Gasteiger partial charge in [0.05, 0.1) is 23.9 Å². The lowest BCUT2D eigenvalue weighted by Crippen LogP contribution is -2.19. The molecule has 2 heterocycles. The molecule has 0 atom stereocenters. The van der Waals surface area contributed by atoms with Crippen LogP contribution in [0.15, 0.2) is 60.9 Å². The van der Waals surface area contributed by atoms with Crippen LogP contribution in [0.2, 0.25) is 0 Å². The van der Waals surface area contributed by atoms with Crippen molar-refractivity contribution >= 4 is 44.6 Å². The molecule has 2 N–H and O–H groups in total. The number of hydrogen-bond donors (Lipinski definition) is 2. The predicted molar refractivity (Wildman–Crippen MR) is 118 cm³/mol. The molecule has 2 aromatic carbocycles. The van der Waals surface area contributed by atoms with Crippen molar-refractivity contribution in [2.45, 2.75) is 13.5 Å². The van der Waals surface area contributed by atoms with Crippen LogP contribution >= 0.6 is 11.3 Å². The second-order valence-electron chi connectivity index (χ2n) is 6.71. The normalized spacial score (nSPS) is 10.7. The molecular weight excluding hydrogens is 400 g/mol. The average molecular weight is 420 g/mol. The smallest absolute Gasteiger partial charge is 0.266 e. The Morgan fingerprint density at radius 2 is 1.83 bits per heavy atom. The van der Waals surface area contributed by atoms with E-state index >= 15 is 0 Å². The van der Waals surface area contributed by atoms with Gasteiger partial charge in [0.1, 0.15) is 12.3 Å². The van der Waals surface area contributed by atoms with E-state index in [-0.39, 0.29) is 18.4 Å². The maximum Gasteiger partial charge on any atom is 0.266 e. The molecule has 8 heteroatoms. The van der Waals surface area contributed by atoms with Crippen molar-refractivity contribution in [2.24, 2.45) is 0 Å². The number of aromatic nitrogens is 2. The number of amides is 2. The fraction of sp³-hybridized carbons (Fsp3) is 0.136. The lowest BCUT2D eigenvalue weighted by molar-refractivity contribution is -0.116. The van der Waals surface area contributed by atoms with E-state index in [0.29, 0.717) is 22.0 Å². The van der Waals surface area contributed by atoms with Crippen LogP contribution in [0.25, 0.3) is 10.1 Å². The maximum absolute atomic E-state index is 12.7. The Labute approximate surface area is 177 Å². The number of hydrogen-bond acceptors (Lipinski definition) is 5. The Bertz CT molecular complexity index is 1210. The standard InChI is InChI=1S/C22H20N4O3S/c1-14-18-5-3-4-6-19(18)30-21(14)22(28)25-16-11-23-26(12-16)13-20(27)24-15-7-9-17(29-2)10-8-15/h3-12H,13H2,1-2H3,(H,24,27)(H,25,28). The molecule has 30 heavy (non-hydrogen) atoms. The number of carbonyl (C=O) groups is 2. The molecule has 152 valence electrons. The van der Waals surface area contributed by atoms with Gasteiger partial charge in [-0.05, 0) is 48.2 Å². The number of ether oxygens (including phenoxy) is 1. The summed E-state index contributed by atoms with van der Waals surface area (Å²) in [5, 5.41) is 10.9. The maximum atomic E-state index is 12.7. The number of thiophene rings is 1. The van der Waals surface area contributed by atoms with Crippen LogP contribution in [0.4, 0.5) is 11.4 Å². The molecule has 4 rings (SSSR count). The van der Waals surface area contributed by atoms with Crippen LogP contribution in [0, 0.1) is 6.92 Å². The highest BCUT2D eigenvalue weighted by Gasteiger charge is 2.16. The summed E-state index contributed by atoms with van der Waals surface area (Å²) in [5.74, 6) is 0.312. The molecule has 0 spiro atoms. The number of anilines is 2. The molecule has 0 aliphatic heterocycles. The van der Waals surface area contributed by atoms with E-state index in [4.69, 9.17) is 4.74 Å². The molecule has 4 aromatic rings. The summed E-state index contributed by atoms with van der Waals surface area (Å²) in [6, 6.07) is 15.0. The Balaban J connectivity index is 1.39. The average Bonchev–Trinajstić information content (AvgIpc) is 3.32. The number of fused-ring (bicyclic) bond motifs is 1. The fourth-order valence-corrected chi connectivity index (χ4v) is 4.22. The van der Waals surface area contributed by atoms with Gasteiger partial charge in [0.15, 0.2) is 0 Å². The number of nitrogens with zero attached hydrogens (tertiary/aromatic N) is 2. The van der Waals surface area contributed by atoms with Gasteiger partial charge in [0, 0.05) is 16.6 Å². The minimum Gasteiger partial charge on any atom is -0.497 e. The first-order valence-electron chi connectivity index (χ1n) is 9.29. The number of nitrogens with one attached hydrogen (secondary N) is 2. The van der Waals surface area contributed by atoms with Gasteiger partial charge in [-0.1, -0.05) is 18.2 Å². The summed E-state index contributed by atoms with van der Waals surface area (Å²) in [4.78, 5) is 25.6. The van der Waals surface area contributed by atoms with E-state index in [2.05, 4.69) is 15.7 Å².